The highest BCUT2D eigenvalue weighted by molar-refractivity contribution is 7.92. The Labute approximate surface area is 133 Å². The largest absolute Gasteiger partial charge is 0.417 e. The van der Waals surface area contributed by atoms with Gasteiger partial charge in [0.05, 0.1) is 16.0 Å². The fourth-order valence-corrected chi connectivity index (χ4v) is 3.18. The van der Waals surface area contributed by atoms with E-state index in [0.29, 0.717) is 18.2 Å². The SMILES string of the molecule is O=S(=O)(Nc1cccc(C(F)(F)F)c1)c1ccccc1C(F)(F)F. The van der Waals surface area contributed by atoms with Gasteiger partial charge in [-0.2, -0.15) is 26.3 Å². The Balaban J connectivity index is 2.44. The zero-order chi connectivity index (χ0) is 18.2. The third-order valence-electron chi connectivity index (χ3n) is 2.92. The summed E-state index contributed by atoms with van der Waals surface area (Å²) in [6.45, 7) is 0. The van der Waals surface area contributed by atoms with Crippen LogP contribution in [0.5, 0.6) is 0 Å². The molecule has 0 aliphatic rings. The van der Waals surface area contributed by atoms with Crippen LogP contribution >= 0.6 is 0 Å². The molecule has 0 saturated carbocycles. The van der Waals surface area contributed by atoms with Gasteiger partial charge in [0.1, 0.15) is 0 Å². The molecule has 0 heterocycles. The highest BCUT2D eigenvalue weighted by Crippen LogP contribution is 2.35. The number of hydrogen-bond donors (Lipinski definition) is 1. The molecule has 0 fully saturated rings. The monoisotopic (exact) mass is 369 g/mol. The summed E-state index contributed by atoms with van der Waals surface area (Å²) in [4.78, 5) is -1.07. The number of halogens is 6. The van der Waals surface area contributed by atoms with E-state index < -0.39 is 44.1 Å². The van der Waals surface area contributed by atoms with Crippen molar-refractivity contribution in [2.75, 3.05) is 4.72 Å². The van der Waals surface area contributed by atoms with Crippen LogP contribution in [-0.2, 0) is 22.4 Å². The molecule has 0 aliphatic carbocycles. The lowest BCUT2D eigenvalue weighted by molar-refractivity contribution is -0.140. The van der Waals surface area contributed by atoms with Crippen LogP contribution < -0.4 is 4.72 Å². The molecule has 0 bridgehead atoms. The van der Waals surface area contributed by atoms with Crippen LogP contribution in [0.15, 0.2) is 53.4 Å². The van der Waals surface area contributed by atoms with Gasteiger partial charge in [-0.1, -0.05) is 18.2 Å². The van der Waals surface area contributed by atoms with Crippen molar-refractivity contribution in [2.45, 2.75) is 17.2 Å². The minimum Gasteiger partial charge on any atom is -0.280 e. The first-order valence-electron chi connectivity index (χ1n) is 6.27. The quantitative estimate of drug-likeness (QED) is 0.809. The maximum atomic E-state index is 12.9. The average Bonchev–Trinajstić information content (AvgIpc) is 2.45. The van der Waals surface area contributed by atoms with Crippen molar-refractivity contribution in [2.24, 2.45) is 0 Å². The van der Waals surface area contributed by atoms with Crippen LogP contribution in [0.4, 0.5) is 32.0 Å². The third-order valence-corrected chi connectivity index (χ3v) is 4.36. The van der Waals surface area contributed by atoms with E-state index in [1.54, 1.807) is 4.72 Å². The van der Waals surface area contributed by atoms with E-state index in [2.05, 4.69) is 0 Å². The molecular weight excluding hydrogens is 360 g/mol. The second-order valence-corrected chi connectivity index (χ2v) is 6.33. The topological polar surface area (TPSA) is 46.2 Å². The molecular formula is C14H9F6NO2S. The van der Waals surface area contributed by atoms with E-state index in [0.717, 1.165) is 30.3 Å². The lowest BCUT2D eigenvalue weighted by Gasteiger charge is -2.15. The van der Waals surface area contributed by atoms with Gasteiger partial charge in [0.2, 0.25) is 0 Å². The van der Waals surface area contributed by atoms with Gasteiger partial charge < -0.3 is 0 Å². The smallest absolute Gasteiger partial charge is 0.280 e. The highest BCUT2D eigenvalue weighted by Gasteiger charge is 2.37. The predicted molar refractivity (Wildman–Crippen MR) is 73.7 cm³/mol. The van der Waals surface area contributed by atoms with E-state index in [1.807, 2.05) is 0 Å². The van der Waals surface area contributed by atoms with Crippen molar-refractivity contribution in [3.05, 3.63) is 59.7 Å². The minimum absolute atomic E-state index is 0.494. The number of alkyl halides is 6. The zero-order valence-electron chi connectivity index (χ0n) is 11.6. The summed E-state index contributed by atoms with van der Waals surface area (Å²) in [5.74, 6) is 0. The Morgan fingerprint density at radius 3 is 2.00 bits per heavy atom. The fraction of sp³-hybridized carbons (Fsp3) is 0.143. The molecule has 2 rings (SSSR count). The standard InChI is InChI=1S/C14H9F6NO2S/c15-13(16,17)9-4-3-5-10(8-9)21-24(22,23)12-7-2-1-6-11(12)14(18,19)20/h1-8,21H. The van der Waals surface area contributed by atoms with Crippen molar-refractivity contribution in [1.29, 1.82) is 0 Å². The van der Waals surface area contributed by atoms with Gasteiger partial charge in [0, 0.05) is 5.69 Å². The van der Waals surface area contributed by atoms with Crippen LogP contribution in [0.3, 0.4) is 0 Å². The van der Waals surface area contributed by atoms with Crippen LogP contribution in [0, 0.1) is 0 Å². The van der Waals surface area contributed by atoms with Crippen LogP contribution in [0.1, 0.15) is 11.1 Å². The van der Waals surface area contributed by atoms with Gasteiger partial charge in [0.25, 0.3) is 10.0 Å². The Kier molecular flexibility index (Phi) is 4.53. The van der Waals surface area contributed by atoms with E-state index in [4.69, 9.17) is 0 Å². The maximum Gasteiger partial charge on any atom is 0.417 e. The molecule has 1 N–H and O–H groups in total. The van der Waals surface area contributed by atoms with Gasteiger partial charge in [-0.15, -0.1) is 0 Å². The van der Waals surface area contributed by atoms with Crippen molar-refractivity contribution in [3.8, 4) is 0 Å². The normalized spacial score (nSPS) is 12.9. The first-order chi connectivity index (χ1) is 10.9. The van der Waals surface area contributed by atoms with Crippen LogP contribution in [0.2, 0.25) is 0 Å². The van der Waals surface area contributed by atoms with E-state index in [9.17, 15) is 34.8 Å². The molecule has 10 heteroatoms. The lowest BCUT2D eigenvalue weighted by Crippen LogP contribution is -2.19. The number of anilines is 1. The number of rotatable bonds is 3. The molecule has 130 valence electrons. The number of nitrogens with one attached hydrogen (secondary N) is 1. The lowest BCUT2D eigenvalue weighted by atomic mass is 10.2. The summed E-state index contributed by atoms with van der Waals surface area (Å²) >= 11 is 0. The number of hydrogen-bond acceptors (Lipinski definition) is 2. The summed E-state index contributed by atoms with van der Waals surface area (Å²) in [6.07, 6.45) is -9.65. The second-order valence-electron chi connectivity index (χ2n) is 4.68. The molecule has 0 saturated heterocycles. The van der Waals surface area contributed by atoms with Gasteiger partial charge >= 0.3 is 12.4 Å². The number of benzene rings is 2. The van der Waals surface area contributed by atoms with Crippen molar-refractivity contribution >= 4 is 15.7 Å². The summed E-state index contributed by atoms with van der Waals surface area (Å²) < 4.78 is 103. The predicted octanol–water partition coefficient (Wildman–Crippen LogP) is 4.53. The van der Waals surface area contributed by atoms with E-state index >= 15 is 0 Å². The van der Waals surface area contributed by atoms with Gasteiger partial charge in [-0.3, -0.25) is 4.72 Å². The van der Waals surface area contributed by atoms with E-state index in [-0.39, 0.29) is 0 Å². The molecule has 0 spiro atoms. The Morgan fingerprint density at radius 1 is 0.792 bits per heavy atom. The van der Waals surface area contributed by atoms with Crippen molar-refractivity contribution < 1.29 is 34.8 Å². The van der Waals surface area contributed by atoms with Gasteiger partial charge in [-0.05, 0) is 30.3 Å². The van der Waals surface area contributed by atoms with Crippen LogP contribution in [-0.4, -0.2) is 8.42 Å². The molecule has 2 aromatic carbocycles. The molecule has 0 aliphatic heterocycles. The molecule has 0 aromatic heterocycles. The summed E-state index contributed by atoms with van der Waals surface area (Å²) in [5, 5.41) is 0. The maximum absolute atomic E-state index is 12.9. The molecule has 0 radical (unpaired) electrons. The molecule has 0 amide bonds. The van der Waals surface area contributed by atoms with E-state index in [1.165, 1.54) is 0 Å². The third kappa shape index (κ3) is 3.99. The summed E-state index contributed by atoms with van der Waals surface area (Å²) in [6, 6.07) is 6.52. The Hall–Kier alpha value is -2.23. The molecule has 0 atom stereocenters. The second kappa shape index (κ2) is 6.00. The van der Waals surface area contributed by atoms with Crippen molar-refractivity contribution in [3.63, 3.8) is 0 Å². The van der Waals surface area contributed by atoms with Gasteiger partial charge in [-0.25, -0.2) is 8.42 Å². The Morgan fingerprint density at radius 2 is 1.42 bits per heavy atom. The van der Waals surface area contributed by atoms with Crippen molar-refractivity contribution in [1.82, 2.24) is 0 Å². The molecule has 2 aromatic rings. The highest BCUT2D eigenvalue weighted by atomic mass is 32.2. The average molecular weight is 369 g/mol. The molecule has 0 unspecified atom stereocenters. The fourth-order valence-electron chi connectivity index (χ4n) is 1.90. The first-order valence-corrected chi connectivity index (χ1v) is 7.76. The first kappa shape index (κ1) is 18.1. The molecule has 3 nitrogen and oxygen atoms in total. The number of sulfonamides is 1. The van der Waals surface area contributed by atoms with Gasteiger partial charge in [0.15, 0.2) is 0 Å². The summed E-state index contributed by atoms with van der Waals surface area (Å²) in [7, 11) is -4.73. The minimum atomic E-state index is -4.93. The summed E-state index contributed by atoms with van der Waals surface area (Å²) in [5.41, 5.74) is -3.04. The molecule has 24 heavy (non-hydrogen) atoms. The Bertz CT molecular complexity index is 843. The van der Waals surface area contributed by atoms with Crippen LogP contribution in [0.25, 0.3) is 0 Å². The zero-order valence-corrected chi connectivity index (χ0v) is 12.4.